The standard InChI is InChI=1S/C18H18FN3O3/c19-14-4-6-15(7-5-14)20-16-8-10-21(11-9-16)18(23)13-2-1-3-17(12-13)22(24)25/h1-7,12,16,20H,8-11H2. The number of nitro benzene ring substituents is 1. The van der Waals surface area contributed by atoms with Crippen LogP contribution in [0, 0.1) is 15.9 Å². The van der Waals surface area contributed by atoms with Crippen molar-refractivity contribution in [3.63, 3.8) is 0 Å². The van der Waals surface area contributed by atoms with E-state index in [0.29, 0.717) is 18.7 Å². The Balaban J connectivity index is 1.58. The van der Waals surface area contributed by atoms with Gasteiger partial charge < -0.3 is 10.2 Å². The van der Waals surface area contributed by atoms with Gasteiger partial charge in [0.05, 0.1) is 4.92 Å². The molecule has 0 aliphatic carbocycles. The number of piperidine rings is 1. The van der Waals surface area contributed by atoms with Gasteiger partial charge in [-0.05, 0) is 43.2 Å². The molecule has 1 heterocycles. The molecule has 1 fully saturated rings. The van der Waals surface area contributed by atoms with Gasteiger partial charge in [0, 0.05) is 42.5 Å². The largest absolute Gasteiger partial charge is 0.382 e. The number of benzene rings is 2. The molecule has 0 atom stereocenters. The van der Waals surface area contributed by atoms with Gasteiger partial charge in [-0.3, -0.25) is 14.9 Å². The van der Waals surface area contributed by atoms with E-state index >= 15 is 0 Å². The quantitative estimate of drug-likeness (QED) is 0.681. The highest BCUT2D eigenvalue weighted by molar-refractivity contribution is 5.94. The van der Waals surface area contributed by atoms with Crippen molar-refractivity contribution >= 4 is 17.3 Å². The molecule has 3 rings (SSSR count). The second-order valence-corrected chi connectivity index (χ2v) is 6.03. The van der Waals surface area contributed by atoms with Crippen LogP contribution in [0.15, 0.2) is 48.5 Å². The van der Waals surface area contributed by atoms with E-state index in [4.69, 9.17) is 0 Å². The van der Waals surface area contributed by atoms with Crippen LogP contribution >= 0.6 is 0 Å². The summed E-state index contributed by atoms with van der Waals surface area (Å²) in [5, 5.41) is 14.2. The maximum Gasteiger partial charge on any atom is 0.270 e. The van der Waals surface area contributed by atoms with Crippen molar-refractivity contribution in [2.75, 3.05) is 18.4 Å². The molecular formula is C18H18FN3O3. The SMILES string of the molecule is O=C(c1cccc([N+](=O)[O-])c1)N1CCC(Nc2ccc(F)cc2)CC1. The molecule has 0 bridgehead atoms. The zero-order valence-corrected chi connectivity index (χ0v) is 13.5. The second kappa shape index (κ2) is 7.29. The Labute approximate surface area is 144 Å². The number of nitrogens with one attached hydrogen (secondary N) is 1. The van der Waals surface area contributed by atoms with Crippen molar-refractivity contribution in [1.82, 2.24) is 4.90 Å². The van der Waals surface area contributed by atoms with Crippen LogP contribution in [0.2, 0.25) is 0 Å². The number of carbonyl (C=O) groups excluding carboxylic acids is 1. The Morgan fingerprint density at radius 3 is 2.48 bits per heavy atom. The molecule has 1 aliphatic rings. The van der Waals surface area contributed by atoms with Crippen LogP contribution < -0.4 is 5.32 Å². The lowest BCUT2D eigenvalue weighted by Gasteiger charge is -2.33. The zero-order chi connectivity index (χ0) is 17.8. The van der Waals surface area contributed by atoms with Gasteiger partial charge in [0.1, 0.15) is 5.82 Å². The zero-order valence-electron chi connectivity index (χ0n) is 13.5. The summed E-state index contributed by atoms with van der Waals surface area (Å²) >= 11 is 0. The van der Waals surface area contributed by atoms with Gasteiger partial charge in [-0.1, -0.05) is 6.07 Å². The van der Waals surface area contributed by atoms with Crippen LogP contribution in [-0.2, 0) is 0 Å². The van der Waals surface area contributed by atoms with E-state index in [2.05, 4.69) is 5.32 Å². The average molecular weight is 343 g/mol. The number of nitrogens with zero attached hydrogens (tertiary/aromatic N) is 2. The number of carbonyl (C=O) groups is 1. The molecule has 0 spiro atoms. The number of non-ortho nitro benzene ring substituents is 1. The first-order chi connectivity index (χ1) is 12.0. The Bertz CT molecular complexity index is 771. The highest BCUT2D eigenvalue weighted by Crippen LogP contribution is 2.20. The summed E-state index contributed by atoms with van der Waals surface area (Å²) in [5.74, 6) is -0.466. The third-order valence-electron chi connectivity index (χ3n) is 4.30. The van der Waals surface area contributed by atoms with Crippen molar-refractivity contribution in [3.8, 4) is 0 Å². The molecular weight excluding hydrogens is 325 g/mol. The Morgan fingerprint density at radius 2 is 1.84 bits per heavy atom. The second-order valence-electron chi connectivity index (χ2n) is 6.03. The van der Waals surface area contributed by atoms with Crippen molar-refractivity contribution in [3.05, 3.63) is 70.0 Å². The third-order valence-corrected chi connectivity index (χ3v) is 4.30. The smallest absolute Gasteiger partial charge is 0.270 e. The molecule has 0 saturated carbocycles. The molecule has 2 aromatic rings. The van der Waals surface area contributed by atoms with E-state index in [-0.39, 0.29) is 23.5 Å². The minimum atomic E-state index is -0.504. The lowest BCUT2D eigenvalue weighted by atomic mass is 10.0. The van der Waals surface area contributed by atoms with Crippen LogP contribution in [0.5, 0.6) is 0 Å². The van der Waals surface area contributed by atoms with Gasteiger partial charge in [-0.25, -0.2) is 4.39 Å². The lowest BCUT2D eigenvalue weighted by molar-refractivity contribution is -0.384. The Hall–Kier alpha value is -2.96. The first-order valence-corrected chi connectivity index (χ1v) is 8.09. The summed E-state index contributed by atoms with van der Waals surface area (Å²) in [6, 6.07) is 12.2. The molecule has 1 aliphatic heterocycles. The maximum absolute atomic E-state index is 12.9. The van der Waals surface area contributed by atoms with Crippen molar-refractivity contribution in [2.45, 2.75) is 18.9 Å². The predicted octanol–water partition coefficient (Wildman–Crippen LogP) is 3.45. The molecule has 1 saturated heterocycles. The van der Waals surface area contributed by atoms with Crippen LogP contribution in [-0.4, -0.2) is 34.9 Å². The van der Waals surface area contributed by atoms with Crippen LogP contribution in [0.25, 0.3) is 0 Å². The van der Waals surface area contributed by atoms with Crippen LogP contribution in [0.1, 0.15) is 23.2 Å². The van der Waals surface area contributed by atoms with Gasteiger partial charge in [0.25, 0.3) is 11.6 Å². The lowest BCUT2D eigenvalue weighted by Crippen LogP contribution is -2.42. The molecule has 0 unspecified atom stereocenters. The van der Waals surface area contributed by atoms with Gasteiger partial charge in [-0.2, -0.15) is 0 Å². The van der Waals surface area contributed by atoms with E-state index in [1.54, 1.807) is 23.1 Å². The molecule has 6 nitrogen and oxygen atoms in total. The first-order valence-electron chi connectivity index (χ1n) is 8.09. The predicted molar refractivity (Wildman–Crippen MR) is 92.0 cm³/mol. The molecule has 1 amide bonds. The summed E-state index contributed by atoms with van der Waals surface area (Å²) in [6.07, 6.45) is 1.52. The van der Waals surface area contributed by atoms with E-state index in [1.165, 1.54) is 30.3 Å². The highest BCUT2D eigenvalue weighted by atomic mass is 19.1. The minimum absolute atomic E-state index is 0.0845. The Morgan fingerprint density at radius 1 is 1.16 bits per heavy atom. The van der Waals surface area contributed by atoms with Crippen molar-refractivity contribution in [1.29, 1.82) is 0 Å². The minimum Gasteiger partial charge on any atom is -0.382 e. The number of halogens is 1. The fourth-order valence-corrected chi connectivity index (χ4v) is 2.94. The summed E-state index contributed by atoms with van der Waals surface area (Å²) < 4.78 is 12.9. The number of nitro groups is 1. The number of likely N-dealkylation sites (tertiary alicyclic amines) is 1. The maximum atomic E-state index is 12.9. The van der Waals surface area contributed by atoms with E-state index in [9.17, 15) is 19.3 Å². The number of hydrogen-bond acceptors (Lipinski definition) is 4. The molecule has 0 aromatic heterocycles. The van der Waals surface area contributed by atoms with Crippen molar-refractivity contribution in [2.24, 2.45) is 0 Å². The summed E-state index contributed by atoms with van der Waals surface area (Å²) in [4.78, 5) is 24.6. The normalized spacial score (nSPS) is 15.0. The van der Waals surface area contributed by atoms with Crippen LogP contribution in [0.4, 0.5) is 15.8 Å². The number of rotatable bonds is 4. The van der Waals surface area contributed by atoms with E-state index < -0.39 is 4.92 Å². The molecule has 2 aromatic carbocycles. The van der Waals surface area contributed by atoms with Gasteiger partial charge in [0.2, 0.25) is 0 Å². The first kappa shape index (κ1) is 16.9. The van der Waals surface area contributed by atoms with Gasteiger partial charge in [0.15, 0.2) is 0 Å². The fourth-order valence-electron chi connectivity index (χ4n) is 2.94. The summed E-state index contributed by atoms with van der Waals surface area (Å²) in [5.41, 5.74) is 1.10. The number of hydrogen-bond donors (Lipinski definition) is 1. The van der Waals surface area contributed by atoms with E-state index in [0.717, 1.165) is 18.5 Å². The third kappa shape index (κ3) is 4.12. The molecule has 130 valence electrons. The number of anilines is 1. The molecule has 1 N–H and O–H groups in total. The topological polar surface area (TPSA) is 75.5 Å². The van der Waals surface area contributed by atoms with Crippen LogP contribution in [0.3, 0.4) is 0 Å². The van der Waals surface area contributed by atoms with Gasteiger partial charge >= 0.3 is 0 Å². The summed E-state index contributed by atoms with van der Waals surface area (Å²) in [7, 11) is 0. The average Bonchev–Trinajstić information content (AvgIpc) is 2.64. The number of amides is 1. The summed E-state index contributed by atoms with van der Waals surface area (Å²) in [6.45, 7) is 1.14. The highest BCUT2D eigenvalue weighted by Gasteiger charge is 2.24. The van der Waals surface area contributed by atoms with Crippen molar-refractivity contribution < 1.29 is 14.1 Å². The van der Waals surface area contributed by atoms with E-state index in [1.807, 2.05) is 0 Å². The molecule has 25 heavy (non-hydrogen) atoms. The molecule has 0 radical (unpaired) electrons. The Kier molecular flexibility index (Phi) is 4.92. The van der Waals surface area contributed by atoms with Gasteiger partial charge in [-0.15, -0.1) is 0 Å². The fraction of sp³-hybridized carbons (Fsp3) is 0.278. The molecule has 7 heteroatoms. The monoisotopic (exact) mass is 343 g/mol.